The molecule has 0 aliphatic rings. The molecular formula is C10H7Cl2FN2S. The molecule has 1 aromatic heterocycles. The van der Waals surface area contributed by atoms with Gasteiger partial charge in [-0.3, -0.25) is 0 Å². The minimum atomic E-state index is -0.325. The zero-order valence-corrected chi connectivity index (χ0v) is 10.3. The van der Waals surface area contributed by atoms with Crippen molar-refractivity contribution in [1.29, 1.82) is 0 Å². The van der Waals surface area contributed by atoms with E-state index in [9.17, 15) is 4.39 Å². The molecule has 0 radical (unpaired) electrons. The van der Waals surface area contributed by atoms with E-state index in [2.05, 4.69) is 10.3 Å². The predicted octanol–water partition coefficient (Wildman–Crippen LogP) is 4.20. The summed E-state index contributed by atoms with van der Waals surface area (Å²) in [5.74, 6) is -0.325. The molecule has 1 aromatic carbocycles. The van der Waals surface area contributed by atoms with E-state index in [0.29, 0.717) is 21.7 Å². The largest absolute Gasteiger partial charge is 0.379 e. The lowest BCUT2D eigenvalue weighted by atomic mass is 10.3. The Balaban J connectivity index is 2.07. The molecule has 2 nitrogen and oxygen atoms in total. The monoisotopic (exact) mass is 276 g/mol. The van der Waals surface area contributed by atoms with E-state index in [4.69, 9.17) is 23.2 Å². The molecular weight excluding hydrogens is 270 g/mol. The SMILES string of the molecule is Fc1ccc(Cl)c(NCc2cnc(Cl)s2)c1. The van der Waals surface area contributed by atoms with Gasteiger partial charge in [0.1, 0.15) is 5.82 Å². The first-order valence-electron chi connectivity index (χ1n) is 4.44. The van der Waals surface area contributed by atoms with Gasteiger partial charge >= 0.3 is 0 Å². The van der Waals surface area contributed by atoms with E-state index in [1.807, 2.05) is 0 Å². The second kappa shape index (κ2) is 4.99. The van der Waals surface area contributed by atoms with Gasteiger partial charge in [0.05, 0.1) is 17.3 Å². The highest BCUT2D eigenvalue weighted by Crippen LogP contribution is 2.24. The van der Waals surface area contributed by atoms with Crippen molar-refractivity contribution in [3.8, 4) is 0 Å². The molecule has 16 heavy (non-hydrogen) atoms. The van der Waals surface area contributed by atoms with Crippen LogP contribution < -0.4 is 5.32 Å². The van der Waals surface area contributed by atoms with Gasteiger partial charge in [-0.05, 0) is 18.2 Å². The fraction of sp³-hybridized carbons (Fsp3) is 0.100. The lowest BCUT2D eigenvalue weighted by molar-refractivity contribution is 0.628. The summed E-state index contributed by atoms with van der Waals surface area (Å²) in [7, 11) is 0. The zero-order chi connectivity index (χ0) is 11.5. The number of halogens is 3. The number of thiazole rings is 1. The van der Waals surface area contributed by atoms with Crippen LogP contribution in [-0.4, -0.2) is 4.98 Å². The summed E-state index contributed by atoms with van der Waals surface area (Å²) in [4.78, 5) is 4.87. The fourth-order valence-electron chi connectivity index (χ4n) is 1.18. The molecule has 0 unspecified atom stereocenters. The first-order chi connectivity index (χ1) is 7.65. The molecule has 0 saturated carbocycles. The second-order valence-corrected chi connectivity index (χ2v) is 5.16. The summed E-state index contributed by atoms with van der Waals surface area (Å²) in [5.41, 5.74) is 0.561. The Hall–Kier alpha value is -0.840. The van der Waals surface area contributed by atoms with E-state index in [-0.39, 0.29) is 5.82 Å². The maximum absolute atomic E-state index is 12.9. The Morgan fingerprint density at radius 3 is 2.88 bits per heavy atom. The topological polar surface area (TPSA) is 24.9 Å². The smallest absolute Gasteiger partial charge is 0.183 e. The first kappa shape index (κ1) is 11.6. The second-order valence-electron chi connectivity index (χ2n) is 3.06. The van der Waals surface area contributed by atoms with E-state index >= 15 is 0 Å². The molecule has 0 spiro atoms. The number of benzene rings is 1. The van der Waals surface area contributed by atoms with Gasteiger partial charge in [0.15, 0.2) is 4.47 Å². The van der Waals surface area contributed by atoms with Gasteiger partial charge in [-0.15, -0.1) is 11.3 Å². The van der Waals surface area contributed by atoms with Crippen LogP contribution >= 0.6 is 34.5 Å². The molecule has 0 atom stereocenters. The predicted molar refractivity (Wildman–Crippen MR) is 65.9 cm³/mol. The van der Waals surface area contributed by atoms with Crippen molar-refractivity contribution in [3.63, 3.8) is 0 Å². The van der Waals surface area contributed by atoms with Gasteiger partial charge in [-0.25, -0.2) is 9.37 Å². The Kier molecular flexibility index (Phi) is 3.63. The minimum absolute atomic E-state index is 0.325. The molecule has 0 aliphatic carbocycles. The number of aromatic nitrogens is 1. The maximum atomic E-state index is 12.9. The normalized spacial score (nSPS) is 10.4. The zero-order valence-electron chi connectivity index (χ0n) is 8.01. The highest BCUT2D eigenvalue weighted by Gasteiger charge is 2.03. The Morgan fingerprint density at radius 2 is 2.19 bits per heavy atom. The van der Waals surface area contributed by atoms with Gasteiger partial charge in [-0.1, -0.05) is 23.2 Å². The molecule has 0 aliphatic heterocycles. The van der Waals surface area contributed by atoms with Crippen molar-refractivity contribution in [1.82, 2.24) is 4.98 Å². The molecule has 0 bridgehead atoms. The number of anilines is 1. The van der Waals surface area contributed by atoms with Crippen LogP contribution in [-0.2, 0) is 6.54 Å². The molecule has 0 saturated heterocycles. The summed E-state index contributed by atoms with van der Waals surface area (Å²) >= 11 is 13.0. The van der Waals surface area contributed by atoms with Crippen LogP contribution in [0.3, 0.4) is 0 Å². The van der Waals surface area contributed by atoms with Gasteiger partial charge in [-0.2, -0.15) is 0 Å². The summed E-state index contributed by atoms with van der Waals surface area (Å²) in [6.45, 7) is 0.521. The molecule has 1 N–H and O–H groups in total. The third kappa shape index (κ3) is 2.84. The van der Waals surface area contributed by atoms with Crippen LogP contribution in [0.5, 0.6) is 0 Å². The van der Waals surface area contributed by atoms with Gasteiger partial charge in [0.25, 0.3) is 0 Å². The first-order valence-corrected chi connectivity index (χ1v) is 6.01. The molecule has 84 valence electrons. The fourth-order valence-corrected chi connectivity index (χ4v) is 2.28. The Labute approximate surface area is 106 Å². The van der Waals surface area contributed by atoms with Crippen molar-refractivity contribution in [2.75, 3.05) is 5.32 Å². The summed E-state index contributed by atoms with van der Waals surface area (Å²) in [6, 6.07) is 4.18. The van der Waals surface area contributed by atoms with E-state index in [0.717, 1.165) is 4.88 Å². The summed E-state index contributed by atoms with van der Waals surface area (Å²) in [5, 5.41) is 3.51. The number of rotatable bonds is 3. The average molecular weight is 277 g/mol. The molecule has 0 amide bonds. The standard InChI is InChI=1S/C10H7Cl2FN2S/c11-8-2-1-6(13)3-9(8)14-4-7-5-15-10(12)16-7/h1-3,5,14H,4H2. The number of nitrogens with zero attached hydrogens (tertiary/aromatic N) is 1. The van der Waals surface area contributed by atoms with Crippen molar-refractivity contribution in [3.05, 3.63) is 44.6 Å². The number of hydrogen-bond acceptors (Lipinski definition) is 3. The van der Waals surface area contributed by atoms with Gasteiger partial charge in [0, 0.05) is 11.1 Å². The molecule has 2 rings (SSSR count). The Morgan fingerprint density at radius 1 is 1.38 bits per heavy atom. The van der Waals surface area contributed by atoms with E-state index in [1.165, 1.54) is 29.5 Å². The molecule has 2 aromatic rings. The van der Waals surface area contributed by atoms with Crippen molar-refractivity contribution < 1.29 is 4.39 Å². The molecule has 0 fully saturated rings. The van der Waals surface area contributed by atoms with Crippen LogP contribution in [0.25, 0.3) is 0 Å². The van der Waals surface area contributed by atoms with Crippen molar-refractivity contribution in [2.24, 2.45) is 0 Å². The summed E-state index contributed by atoms with van der Waals surface area (Å²) in [6.07, 6.45) is 1.67. The number of nitrogens with one attached hydrogen (secondary N) is 1. The van der Waals surface area contributed by atoms with Crippen LogP contribution in [0.15, 0.2) is 24.4 Å². The van der Waals surface area contributed by atoms with Crippen molar-refractivity contribution >= 4 is 40.2 Å². The average Bonchev–Trinajstić information content (AvgIpc) is 2.66. The minimum Gasteiger partial charge on any atom is -0.379 e. The summed E-state index contributed by atoms with van der Waals surface area (Å²) < 4.78 is 13.4. The van der Waals surface area contributed by atoms with Crippen LogP contribution in [0.1, 0.15) is 4.88 Å². The third-order valence-corrected chi connectivity index (χ3v) is 3.35. The Bertz CT molecular complexity index is 501. The quantitative estimate of drug-likeness (QED) is 0.909. The lowest BCUT2D eigenvalue weighted by Crippen LogP contribution is -1.98. The van der Waals surface area contributed by atoms with E-state index < -0.39 is 0 Å². The van der Waals surface area contributed by atoms with Crippen LogP contribution in [0, 0.1) is 5.82 Å². The molecule has 1 heterocycles. The number of hydrogen-bond donors (Lipinski definition) is 1. The maximum Gasteiger partial charge on any atom is 0.183 e. The highest BCUT2D eigenvalue weighted by atomic mass is 35.5. The highest BCUT2D eigenvalue weighted by molar-refractivity contribution is 7.15. The van der Waals surface area contributed by atoms with E-state index in [1.54, 1.807) is 6.20 Å². The molecule has 6 heteroatoms. The lowest BCUT2D eigenvalue weighted by Gasteiger charge is -2.06. The van der Waals surface area contributed by atoms with Crippen molar-refractivity contribution in [2.45, 2.75) is 6.54 Å². The van der Waals surface area contributed by atoms with Gasteiger partial charge in [0.2, 0.25) is 0 Å². The van der Waals surface area contributed by atoms with Crippen LogP contribution in [0.4, 0.5) is 10.1 Å². The van der Waals surface area contributed by atoms with Gasteiger partial charge < -0.3 is 5.32 Å². The third-order valence-electron chi connectivity index (χ3n) is 1.91. The van der Waals surface area contributed by atoms with Crippen LogP contribution in [0.2, 0.25) is 9.49 Å².